The lowest BCUT2D eigenvalue weighted by molar-refractivity contribution is 0.103. The molecule has 0 bridgehead atoms. The lowest BCUT2D eigenvalue weighted by Gasteiger charge is -2.04. The highest BCUT2D eigenvalue weighted by Crippen LogP contribution is 2.27. The predicted molar refractivity (Wildman–Crippen MR) is 93.6 cm³/mol. The maximum atomic E-state index is 12.7. The predicted octanol–water partition coefficient (Wildman–Crippen LogP) is 5.42. The van der Waals surface area contributed by atoms with Crippen LogP contribution < -0.4 is 0 Å². The topological polar surface area (TPSA) is 32.9 Å². The number of hydrogen-bond donors (Lipinski definition) is 1. The molecule has 20 heavy (non-hydrogen) atoms. The molecule has 5 heteroatoms. The number of hydrogen-bond acceptors (Lipinski definition) is 1. The molecule has 1 N–H and O–H groups in total. The lowest BCUT2D eigenvalue weighted by Crippen LogP contribution is -2.02. The molecule has 3 aromatic rings. The molecule has 1 aromatic heterocycles. The minimum absolute atomic E-state index is 0.0242. The van der Waals surface area contributed by atoms with Crippen LogP contribution in [0.15, 0.2) is 47.1 Å². The molecule has 0 aliphatic rings. The number of fused-ring (bicyclic) bond motifs is 1. The molecular formula is C15H8BrClINO. The van der Waals surface area contributed by atoms with Crippen molar-refractivity contribution in [1.29, 1.82) is 0 Å². The summed E-state index contributed by atoms with van der Waals surface area (Å²) < 4.78 is 1.81. The van der Waals surface area contributed by atoms with E-state index in [1.54, 1.807) is 12.3 Å². The second-order valence-electron chi connectivity index (χ2n) is 4.35. The highest BCUT2D eigenvalue weighted by atomic mass is 127. The Morgan fingerprint density at radius 2 is 1.95 bits per heavy atom. The fourth-order valence-corrected chi connectivity index (χ4v) is 3.19. The molecule has 2 aromatic carbocycles. The Balaban J connectivity index is 2.17. The molecular weight excluding hydrogens is 452 g/mol. The Morgan fingerprint density at radius 3 is 2.75 bits per heavy atom. The molecule has 0 saturated carbocycles. The van der Waals surface area contributed by atoms with Gasteiger partial charge >= 0.3 is 0 Å². The molecule has 3 rings (SSSR count). The summed E-state index contributed by atoms with van der Waals surface area (Å²) in [6.45, 7) is 0. The van der Waals surface area contributed by atoms with Crippen LogP contribution in [0.5, 0.6) is 0 Å². The number of halogens is 3. The Labute approximate surface area is 142 Å². The van der Waals surface area contributed by atoms with E-state index in [9.17, 15) is 4.79 Å². The van der Waals surface area contributed by atoms with Crippen LogP contribution in [0.1, 0.15) is 15.9 Å². The summed E-state index contributed by atoms with van der Waals surface area (Å²) in [6.07, 6.45) is 1.73. The average molecular weight is 460 g/mol. The highest BCUT2D eigenvalue weighted by molar-refractivity contribution is 14.1. The van der Waals surface area contributed by atoms with Gasteiger partial charge in [0.25, 0.3) is 0 Å². The maximum absolute atomic E-state index is 12.7. The van der Waals surface area contributed by atoms with Gasteiger partial charge in [-0.2, -0.15) is 0 Å². The van der Waals surface area contributed by atoms with E-state index in [1.807, 2.05) is 30.3 Å². The number of benzene rings is 2. The maximum Gasteiger partial charge on any atom is 0.196 e. The van der Waals surface area contributed by atoms with Crippen molar-refractivity contribution in [1.82, 2.24) is 4.98 Å². The number of carbonyl (C=O) groups is 1. The average Bonchev–Trinajstić information content (AvgIpc) is 2.83. The smallest absolute Gasteiger partial charge is 0.196 e. The number of aromatic nitrogens is 1. The lowest BCUT2D eigenvalue weighted by atomic mass is 10.0. The molecule has 0 amide bonds. The molecule has 0 unspecified atom stereocenters. The number of nitrogens with one attached hydrogen (secondary N) is 1. The van der Waals surface area contributed by atoms with Gasteiger partial charge in [0.1, 0.15) is 0 Å². The van der Waals surface area contributed by atoms with E-state index < -0.39 is 0 Å². The second kappa shape index (κ2) is 5.50. The van der Waals surface area contributed by atoms with Crippen LogP contribution in [0.25, 0.3) is 10.9 Å². The zero-order valence-electron chi connectivity index (χ0n) is 10.1. The molecule has 1 heterocycles. The zero-order chi connectivity index (χ0) is 14.3. The molecule has 2 nitrogen and oxygen atoms in total. The summed E-state index contributed by atoms with van der Waals surface area (Å²) in [5.41, 5.74) is 2.18. The van der Waals surface area contributed by atoms with Crippen molar-refractivity contribution in [3.05, 3.63) is 66.8 Å². The molecule has 0 aliphatic heterocycles. The van der Waals surface area contributed by atoms with Crippen molar-refractivity contribution in [3.63, 3.8) is 0 Å². The third kappa shape index (κ3) is 2.52. The van der Waals surface area contributed by atoms with E-state index in [0.717, 1.165) is 18.9 Å². The van der Waals surface area contributed by atoms with Crippen LogP contribution in [-0.2, 0) is 0 Å². The van der Waals surface area contributed by atoms with Gasteiger partial charge in [-0.1, -0.05) is 27.5 Å². The summed E-state index contributed by atoms with van der Waals surface area (Å²) >= 11 is 11.6. The van der Waals surface area contributed by atoms with Gasteiger partial charge in [-0.25, -0.2) is 0 Å². The first-order valence-electron chi connectivity index (χ1n) is 5.82. The molecule has 100 valence electrons. The van der Waals surface area contributed by atoms with Crippen molar-refractivity contribution < 1.29 is 4.79 Å². The van der Waals surface area contributed by atoms with E-state index in [1.165, 1.54) is 0 Å². The Kier molecular flexibility index (Phi) is 3.88. The van der Waals surface area contributed by atoms with Gasteiger partial charge in [-0.3, -0.25) is 4.79 Å². The van der Waals surface area contributed by atoms with Gasteiger partial charge in [0.05, 0.1) is 0 Å². The monoisotopic (exact) mass is 459 g/mol. The van der Waals surface area contributed by atoms with Crippen molar-refractivity contribution in [2.24, 2.45) is 0 Å². The van der Waals surface area contributed by atoms with Crippen LogP contribution in [0.2, 0.25) is 5.02 Å². The number of carbonyl (C=O) groups excluding carboxylic acids is 1. The fraction of sp³-hybridized carbons (Fsp3) is 0. The molecule has 0 aliphatic carbocycles. The zero-order valence-corrected chi connectivity index (χ0v) is 14.6. The van der Waals surface area contributed by atoms with Crippen LogP contribution >= 0.6 is 50.1 Å². The van der Waals surface area contributed by atoms with Crippen LogP contribution in [0.4, 0.5) is 0 Å². The fourth-order valence-electron chi connectivity index (χ4n) is 2.10. The van der Waals surface area contributed by atoms with E-state index in [-0.39, 0.29) is 5.78 Å². The third-order valence-electron chi connectivity index (χ3n) is 3.06. The van der Waals surface area contributed by atoms with E-state index in [2.05, 4.69) is 43.5 Å². The molecule has 0 fully saturated rings. The molecule has 0 radical (unpaired) electrons. The first-order valence-corrected chi connectivity index (χ1v) is 8.07. The van der Waals surface area contributed by atoms with Gasteiger partial charge < -0.3 is 4.98 Å². The van der Waals surface area contributed by atoms with Crippen LogP contribution in [0, 0.1) is 3.57 Å². The minimum Gasteiger partial charge on any atom is -0.360 e. The van der Waals surface area contributed by atoms with Gasteiger partial charge in [0.2, 0.25) is 0 Å². The Hall–Kier alpha value is -0.850. The highest BCUT2D eigenvalue weighted by Gasteiger charge is 2.17. The van der Waals surface area contributed by atoms with Crippen LogP contribution in [0.3, 0.4) is 0 Å². The second-order valence-corrected chi connectivity index (χ2v) is 6.88. The summed E-state index contributed by atoms with van der Waals surface area (Å²) in [7, 11) is 0. The first-order chi connectivity index (χ1) is 9.56. The quantitative estimate of drug-likeness (QED) is 0.402. The normalized spacial score (nSPS) is 10.9. The van der Waals surface area contributed by atoms with Gasteiger partial charge in [0, 0.05) is 41.3 Å². The van der Waals surface area contributed by atoms with E-state index in [0.29, 0.717) is 16.1 Å². The molecule has 0 atom stereocenters. The molecule has 0 saturated heterocycles. The summed E-state index contributed by atoms with van der Waals surface area (Å²) in [5.74, 6) is -0.0242. The van der Waals surface area contributed by atoms with E-state index in [4.69, 9.17) is 11.6 Å². The van der Waals surface area contributed by atoms with Crippen LogP contribution in [-0.4, -0.2) is 10.8 Å². The largest absolute Gasteiger partial charge is 0.360 e. The number of H-pyrrole nitrogens is 1. The van der Waals surface area contributed by atoms with Crippen molar-refractivity contribution >= 4 is 66.8 Å². The molecule has 0 spiro atoms. The summed E-state index contributed by atoms with van der Waals surface area (Å²) in [5, 5.41) is 1.46. The van der Waals surface area contributed by atoms with Gasteiger partial charge in [-0.15, -0.1) is 0 Å². The van der Waals surface area contributed by atoms with Crippen molar-refractivity contribution in [3.8, 4) is 0 Å². The van der Waals surface area contributed by atoms with Gasteiger partial charge in [-0.05, 0) is 59.0 Å². The van der Waals surface area contributed by atoms with Crippen molar-refractivity contribution in [2.45, 2.75) is 0 Å². The number of ketones is 1. The first kappa shape index (κ1) is 14.1. The Morgan fingerprint density at radius 1 is 1.15 bits per heavy atom. The third-order valence-corrected chi connectivity index (χ3v) is 4.66. The van der Waals surface area contributed by atoms with E-state index >= 15 is 0 Å². The number of aromatic amines is 1. The summed E-state index contributed by atoms with van der Waals surface area (Å²) in [6, 6.07) is 11.2. The number of rotatable bonds is 2. The SMILES string of the molecule is O=C(c1cc(I)ccc1Br)c1c[nH]c2ccc(Cl)cc12. The standard InChI is InChI=1S/C15H8BrClINO/c16-13-3-2-9(18)6-11(13)15(20)12-7-19-14-4-1-8(17)5-10(12)14/h1-7,19H. The van der Waals surface area contributed by atoms with Crippen molar-refractivity contribution in [2.75, 3.05) is 0 Å². The minimum atomic E-state index is -0.0242. The van der Waals surface area contributed by atoms with Gasteiger partial charge in [0.15, 0.2) is 5.78 Å². The Bertz CT molecular complexity index is 828. The summed E-state index contributed by atoms with van der Waals surface area (Å²) in [4.78, 5) is 15.8.